The van der Waals surface area contributed by atoms with E-state index >= 15 is 0 Å². The number of fused-ring (bicyclic) bond motifs is 3. The lowest BCUT2D eigenvalue weighted by molar-refractivity contribution is -0.124. The molecule has 2 saturated carbocycles. The van der Waals surface area contributed by atoms with Crippen LogP contribution in [-0.2, 0) is 4.79 Å². The molecular formula is C22H22N2O3. The van der Waals surface area contributed by atoms with Gasteiger partial charge < -0.3 is 10.1 Å². The topological polar surface area (TPSA) is 68.3 Å². The van der Waals surface area contributed by atoms with Gasteiger partial charge in [-0.1, -0.05) is 12.1 Å². The van der Waals surface area contributed by atoms with Crippen LogP contribution in [-0.4, -0.2) is 22.3 Å². The Hall–Kier alpha value is -2.69. The quantitative estimate of drug-likeness (QED) is 0.909. The molecule has 0 saturated heterocycles. The molecule has 3 aliphatic rings. The van der Waals surface area contributed by atoms with E-state index in [0.717, 1.165) is 18.4 Å². The number of nitrogens with zero attached hydrogens (tertiary/aromatic N) is 1. The Bertz CT molecular complexity index is 913. The van der Waals surface area contributed by atoms with Crippen molar-refractivity contribution in [2.75, 3.05) is 0 Å². The molecule has 5 nitrogen and oxygen atoms in total. The number of aromatic nitrogens is 1. The number of ketones is 1. The van der Waals surface area contributed by atoms with E-state index in [2.05, 4.69) is 10.3 Å². The lowest BCUT2D eigenvalue weighted by Crippen LogP contribution is -2.44. The van der Waals surface area contributed by atoms with Crippen LogP contribution in [0.25, 0.3) is 0 Å². The molecule has 1 N–H and O–H groups in total. The molecule has 0 unspecified atom stereocenters. The Morgan fingerprint density at radius 2 is 2.04 bits per heavy atom. The fourth-order valence-corrected chi connectivity index (χ4v) is 5.16. The summed E-state index contributed by atoms with van der Waals surface area (Å²) in [5.74, 6) is 1.29. The fraction of sp³-hybridized carbons (Fsp3) is 0.409. The van der Waals surface area contributed by atoms with Gasteiger partial charge in [0.05, 0.1) is 18.0 Å². The second kappa shape index (κ2) is 5.91. The molecule has 5 heteroatoms. The van der Waals surface area contributed by atoms with E-state index in [1.54, 1.807) is 12.4 Å². The number of nitrogens with one attached hydrogen (secondary N) is 1. The number of amides is 1. The van der Waals surface area contributed by atoms with Crippen molar-refractivity contribution in [2.45, 2.75) is 37.8 Å². The number of Topliss-reactive ketones (excluding diaryl/α,β-unsaturated/α-hetero) is 1. The molecule has 2 fully saturated rings. The molecule has 138 valence electrons. The number of hydrogen-bond donors (Lipinski definition) is 1. The van der Waals surface area contributed by atoms with Crippen LogP contribution in [0.5, 0.6) is 5.75 Å². The first kappa shape index (κ1) is 16.5. The number of pyridine rings is 1. The Morgan fingerprint density at radius 1 is 1.26 bits per heavy atom. The van der Waals surface area contributed by atoms with Gasteiger partial charge in [0.1, 0.15) is 11.4 Å². The van der Waals surface area contributed by atoms with Gasteiger partial charge in [-0.25, -0.2) is 0 Å². The van der Waals surface area contributed by atoms with E-state index in [1.807, 2.05) is 43.3 Å². The van der Waals surface area contributed by atoms with Crippen molar-refractivity contribution in [3.8, 4) is 5.75 Å². The zero-order valence-electron chi connectivity index (χ0n) is 15.2. The van der Waals surface area contributed by atoms with E-state index < -0.39 is 5.60 Å². The van der Waals surface area contributed by atoms with Gasteiger partial charge in [0, 0.05) is 24.2 Å². The van der Waals surface area contributed by atoms with E-state index in [4.69, 9.17) is 4.74 Å². The molecule has 0 bridgehead atoms. The summed E-state index contributed by atoms with van der Waals surface area (Å²) in [6.45, 7) is 1.98. The third kappa shape index (κ3) is 2.56. The van der Waals surface area contributed by atoms with Crippen molar-refractivity contribution in [3.05, 3.63) is 59.9 Å². The summed E-state index contributed by atoms with van der Waals surface area (Å²) < 4.78 is 6.37. The molecule has 0 radical (unpaired) electrons. The summed E-state index contributed by atoms with van der Waals surface area (Å²) in [7, 11) is 0. The minimum Gasteiger partial charge on any atom is -0.486 e. The minimum atomic E-state index is -0.502. The van der Waals surface area contributed by atoms with E-state index in [0.29, 0.717) is 23.7 Å². The van der Waals surface area contributed by atoms with Crippen molar-refractivity contribution in [1.82, 2.24) is 10.3 Å². The van der Waals surface area contributed by atoms with Crippen molar-refractivity contribution in [3.63, 3.8) is 0 Å². The molecule has 2 aliphatic carbocycles. The number of rotatable bonds is 3. The average molecular weight is 362 g/mol. The lowest BCUT2D eigenvalue weighted by Gasteiger charge is -2.37. The van der Waals surface area contributed by atoms with Gasteiger partial charge in [-0.05, 0) is 55.5 Å². The highest BCUT2D eigenvalue weighted by atomic mass is 16.5. The van der Waals surface area contributed by atoms with Crippen LogP contribution in [0.2, 0.25) is 0 Å². The lowest BCUT2D eigenvalue weighted by atomic mass is 9.84. The summed E-state index contributed by atoms with van der Waals surface area (Å²) in [5, 5.41) is 3.13. The molecule has 1 spiro atoms. The SMILES string of the molecule is C[C@H](NC(=O)[C@H]1[C@H]2CC[C@@]3(CC(=O)c4ccccc4O3)[C@@H]21)c1ccncc1. The summed E-state index contributed by atoms with van der Waals surface area (Å²) in [6.07, 6.45) is 5.65. The highest BCUT2D eigenvalue weighted by Crippen LogP contribution is 2.65. The molecule has 2 aromatic rings. The molecule has 5 rings (SSSR count). The second-order valence-electron chi connectivity index (χ2n) is 8.03. The van der Waals surface area contributed by atoms with Gasteiger partial charge in [-0.15, -0.1) is 0 Å². The molecule has 1 aromatic carbocycles. The minimum absolute atomic E-state index is 0.0545. The summed E-state index contributed by atoms with van der Waals surface area (Å²) in [6, 6.07) is 11.2. The normalized spacial score (nSPS) is 31.6. The predicted molar refractivity (Wildman–Crippen MR) is 99.2 cm³/mol. The van der Waals surface area contributed by atoms with Crippen LogP contribution in [0.4, 0.5) is 0 Å². The third-order valence-corrected chi connectivity index (χ3v) is 6.50. The van der Waals surface area contributed by atoms with Crippen LogP contribution in [0.1, 0.15) is 48.1 Å². The zero-order chi connectivity index (χ0) is 18.6. The van der Waals surface area contributed by atoms with Gasteiger partial charge in [-0.3, -0.25) is 14.6 Å². The predicted octanol–water partition coefficient (Wildman–Crippen LogP) is 3.32. The van der Waals surface area contributed by atoms with E-state index in [9.17, 15) is 9.59 Å². The van der Waals surface area contributed by atoms with Crippen LogP contribution in [0.3, 0.4) is 0 Å². The fourth-order valence-electron chi connectivity index (χ4n) is 5.16. The van der Waals surface area contributed by atoms with Gasteiger partial charge >= 0.3 is 0 Å². The molecule has 2 heterocycles. The standard InChI is InChI=1S/C22H22N2O3/c1-13(14-7-10-23-11-8-14)24-21(26)19-16-6-9-22(20(16)19)12-17(25)15-4-2-3-5-18(15)27-22/h2-5,7-8,10-11,13,16,19-20H,6,9,12H2,1H3,(H,24,26)/t13-,16+,19-,20-,22+/m0/s1. The molecule has 1 aliphatic heterocycles. The smallest absolute Gasteiger partial charge is 0.224 e. The molecule has 27 heavy (non-hydrogen) atoms. The first-order valence-corrected chi connectivity index (χ1v) is 9.61. The number of carbonyl (C=O) groups is 2. The number of para-hydroxylation sites is 1. The van der Waals surface area contributed by atoms with Gasteiger partial charge in [0.15, 0.2) is 5.78 Å². The van der Waals surface area contributed by atoms with Crippen molar-refractivity contribution in [1.29, 1.82) is 0 Å². The van der Waals surface area contributed by atoms with Gasteiger partial charge in [0.2, 0.25) is 5.91 Å². The van der Waals surface area contributed by atoms with Crippen molar-refractivity contribution in [2.24, 2.45) is 17.8 Å². The number of benzene rings is 1. The monoisotopic (exact) mass is 362 g/mol. The molecular weight excluding hydrogens is 340 g/mol. The van der Waals surface area contributed by atoms with Crippen LogP contribution in [0.15, 0.2) is 48.8 Å². The van der Waals surface area contributed by atoms with E-state index in [1.165, 1.54) is 0 Å². The Morgan fingerprint density at radius 3 is 2.85 bits per heavy atom. The average Bonchev–Trinajstić information content (AvgIpc) is 3.34. The van der Waals surface area contributed by atoms with Crippen molar-refractivity contribution >= 4 is 11.7 Å². The largest absolute Gasteiger partial charge is 0.486 e. The van der Waals surface area contributed by atoms with Gasteiger partial charge in [-0.2, -0.15) is 0 Å². The Kier molecular flexibility index (Phi) is 3.61. The molecule has 5 atom stereocenters. The summed E-state index contributed by atoms with van der Waals surface area (Å²) in [5.41, 5.74) is 1.20. The maximum Gasteiger partial charge on any atom is 0.224 e. The second-order valence-corrected chi connectivity index (χ2v) is 8.03. The van der Waals surface area contributed by atoms with E-state index in [-0.39, 0.29) is 29.6 Å². The van der Waals surface area contributed by atoms with Crippen molar-refractivity contribution < 1.29 is 14.3 Å². The highest BCUT2D eigenvalue weighted by Gasteiger charge is 2.70. The van der Waals surface area contributed by atoms with Gasteiger partial charge in [0.25, 0.3) is 0 Å². The first-order valence-electron chi connectivity index (χ1n) is 9.61. The van der Waals surface area contributed by atoms with Crippen LogP contribution < -0.4 is 10.1 Å². The summed E-state index contributed by atoms with van der Waals surface area (Å²) in [4.78, 5) is 29.6. The zero-order valence-corrected chi connectivity index (χ0v) is 15.2. The van der Waals surface area contributed by atoms with Crippen LogP contribution >= 0.6 is 0 Å². The first-order chi connectivity index (χ1) is 13.1. The summed E-state index contributed by atoms with van der Waals surface area (Å²) >= 11 is 0. The molecule has 1 aromatic heterocycles. The van der Waals surface area contributed by atoms with Crippen LogP contribution in [0, 0.1) is 17.8 Å². The maximum absolute atomic E-state index is 12.9. The molecule has 1 amide bonds. The number of ether oxygens (including phenoxy) is 1. The highest BCUT2D eigenvalue weighted by molar-refractivity contribution is 6.00. The maximum atomic E-state index is 12.9. The Balaban J connectivity index is 1.33. The Labute approximate surface area is 158 Å². The third-order valence-electron chi connectivity index (χ3n) is 6.50. The number of hydrogen-bond acceptors (Lipinski definition) is 4. The number of carbonyl (C=O) groups excluding carboxylic acids is 2.